The molecule has 0 radical (unpaired) electrons. The van der Waals surface area contributed by atoms with Crippen LogP contribution in [0.3, 0.4) is 0 Å². The van der Waals surface area contributed by atoms with Gasteiger partial charge in [-0.1, -0.05) is 15.9 Å². The van der Waals surface area contributed by atoms with Crippen molar-refractivity contribution >= 4 is 21.9 Å². The number of carboxylic acids is 1. The molecule has 4 N–H and O–H groups in total. The summed E-state index contributed by atoms with van der Waals surface area (Å²) in [6, 6.07) is 0. The molecule has 13 heavy (non-hydrogen) atoms. The molecule has 0 saturated carbocycles. The average Bonchev–Trinajstić information content (AvgIpc) is 2.07. The van der Waals surface area contributed by atoms with Crippen LogP contribution in [0.2, 0.25) is 0 Å². The molecule has 1 heterocycles. The van der Waals surface area contributed by atoms with E-state index in [4.69, 9.17) is 25.2 Å². The quantitative estimate of drug-likeness (QED) is 0.416. The number of ether oxygens (including phenoxy) is 1. The van der Waals surface area contributed by atoms with Gasteiger partial charge in [-0.3, -0.25) is 0 Å². The lowest BCUT2D eigenvalue weighted by Crippen LogP contribution is -2.58. The van der Waals surface area contributed by atoms with Gasteiger partial charge in [-0.25, -0.2) is 4.79 Å². The van der Waals surface area contributed by atoms with Crippen molar-refractivity contribution in [3.05, 3.63) is 0 Å². The van der Waals surface area contributed by atoms with Crippen LogP contribution in [0.4, 0.5) is 0 Å². The molecule has 0 bridgehead atoms. The van der Waals surface area contributed by atoms with Crippen LogP contribution >= 0.6 is 15.9 Å². The van der Waals surface area contributed by atoms with E-state index >= 15 is 0 Å². The summed E-state index contributed by atoms with van der Waals surface area (Å²) in [5.74, 6) is -1.39. The summed E-state index contributed by atoms with van der Waals surface area (Å²) in [6.45, 7) is 0. The van der Waals surface area contributed by atoms with Crippen LogP contribution in [0.25, 0.3) is 0 Å². The lowest BCUT2D eigenvalue weighted by atomic mass is 10.0. The third kappa shape index (κ3) is 2.00. The molecular weight excluding hydrogens is 248 g/mol. The fourth-order valence-corrected chi connectivity index (χ4v) is 1.59. The molecule has 0 aliphatic carbocycles. The second kappa shape index (κ2) is 3.89. The van der Waals surface area contributed by atoms with Gasteiger partial charge in [-0.2, -0.15) is 0 Å². The molecule has 0 unspecified atom stereocenters. The molecule has 0 amide bonds. The van der Waals surface area contributed by atoms with E-state index in [0.29, 0.717) is 0 Å². The number of carboxylic acid groups (broad SMARTS) is 1. The van der Waals surface area contributed by atoms with E-state index < -0.39 is 35.4 Å². The van der Waals surface area contributed by atoms with Gasteiger partial charge in [0, 0.05) is 0 Å². The minimum atomic E-state index is -1.62. The highest BCUT2D eigenvalue weighted by Gasteiger charge is 2.45. The molecule has 1 rings (SSSR count). The van der Waals surface area contributed by atoms with Gasteiger partial charge in [0.1, 0.15) is 23.3 Å². The normalized spacial score (nSPS) is 46.0. The molecule has 1 saturated heterocycles. The zero-order valence-corrected chi connectivity index (χ0v) is 7.96. The molecule has 0 aromatic carbocycles. The molecule has 6 nitrogen and oxygen atoms in total. The summed E-state index contributed by atoms with van der Waals surface area (Å²) in [6.07, 6.45) is -6.02. The van der Waals surface area contributed by atoms with E-state index in [0.717, 1.165) is 0 Å². The van der Waals surface area contributed by atoms with E-state index in [-0.39, 0.29) is 0 Å². The van der Waals surface area contributed by atoms with Crippen LogP contribution in [0.1, 0.15) is 0 Å². The number of aliphatic carboxylic acids is 1. The molecule has 0 aromatic rings. The van der Waals surface area contributed by atoms with Crippen LogP contribution in [0, 0.1) is 0 Å². The summed E-state index contributed by atoms with van der Waals surface area (Å²) in [5.41, 5.74) is 0. The van der Waals surface area contributed by atoms with Gasteiger partial charge in [-0.05, 0) is 0 Å². The second-order valence-corrected chi connectivity index (χ2v) is 3.62. The Morgan fingerprint density at radius 2 is 1.69 bits per heavy atom. The van der Waals surface area contributed by atoms with Crippen LogP contribution < -0.4 is 0 Å². The number of rotatable bonds is 1. The summed E-state index contributed by atoms with van der Waals surface area (Å²) in [5, 5.41) is 35.0. The smallest absolute Gasteiger partial charge is 0.335 e. The van der Waals surface area contributed by atoms with E-state index in [1.807, 2.05) is 0 Å². The zero-order valence-electron chi connectivity index (χ0n) is 6.37. The standard InChI is InChI=1S/C6H9BrO6/c7-5-3(10)1(8)2(9)4(13-5)6(11)12/h1-5,8-10H,(H,11,12)/t1-,2-,3+,4-,5+/m0/s1. The van der Waals surface area contributed by atoms with Crippen molar-refractivity contribution in [2.45, 2.75) is 29.4 Å². The Morgan fingerprint density at radius 1 is 1.15 bits per heavy atom. The van der Waals surface area contributed by atoms with Gasteiger partial charge in [-0.15, -0.1) is 0 Å². The Balaban J connectivity index is 2.76. The minimum Gasteiger partial charge on any atom is -0.479 e. The van der Waals surface area contributed by atoms with Crippen molar-refractivity contribution in [1.29, 1.82) is 0 Å². The van der Waals surface area contributed by atoms with Gasteiger partial charge < -0.3 is 25.2 Å². The Morgan fingerprint density at radius 3 is 2.15 bits per heavy atom. The van der Waals surface area contributed by atoms with Crippen molar-refractivity contribution in [3.8, 4) is 0 Å². The largest absolute Gasteiger partial charge is 0.479 e. The molecule has 7 heteroatoms. The van der Waals surface area contributed by atoms with E-state index in [2.05, 4.69) is 15.9 Å². The van der Waals surface area contributed by atoms with Crippen molar-refractivity contribution in [3.63, 3.8) is 0 Å². The lowest BCUT2D eigenvalue weighted by molar-refractivity contribution is -0.208. The summed E-state index contributed by atoms with van der Waals surface area (Å²) >= 11 is 2.82. The SMILES string of the molecule is O=C(O)[C@H]1O[C@@H](Br)[C@H](O)[C@@H](O)[C@@H]1O. The summed E-state index contributed by atoms with van der Waals surface area (Å²) in [4.78, 5) is 10.5. The van der Waals surface area contributed by atoms with E-state index in [1.165, 1.54) is 0 Å². The van der Waals surface area contributed by atoms with Crippen molar-refractivity contribution in [1.82, 2.24) is 0 Å². The van der Waals surface area contributed by atoms with Gasteiger partial charge in [0.2, 0.25) is 0 Å². The number of carbonyl (C=O) groups is 1. The molecule has 0 aromatic heterocycles. The molecule has 1 aliphatic rings. The first-order chi connectivity index (χ1) is 5.95. The van der Waals surface area contributed by atoms with Gasteiger partial charge in [0.15, 0.2) is 6.10 Å². The third-order valence-corrected chi connectivity index (χ3v) is 2.56. The number of hydrogen-bond donors (Lipinski definition) is 4. The Kier molecular flexibility index (Phi) is 3.25. The predicted molar refractivity (Wildman–Crippen MR) is 43.2 cm³/mol. The van der Waals surface area contributed by atoms with E-state index in [1.54, 1.807) is 0 Å². The third-order valence-electron chi connectivity index (χ3n) is 1.80. The Labute approximate surface area is 81.9 Å². The van der Waals surface area contributed by atoms with Crippen molar-refractivity contribution < 1.29 is 30.0 Å². The first-order valence-corrected chi connectivity index (χ1v) is 4.43. The maximum atomic E-state index is 10.5. The molecule has 1 aliphatic heterocycles. The topological polar surface area (TPSA) is 107 Å². The van der Waals surface area contributed by atoms with Crippen LogP contribution in [-0.4, -0.2) is 55.8 Å². The monoisotopic (exact) mass is 256 g/mol. The fraction of sp³-hybridized carbons (Fsp3) is 0.833. The minimum absolute atomic E-state index is 0.994. The molecule has 5 atom stereocenters. The summed E-state index contributed by atoms with van der Waals surface area (Å²) < 4.78 is 4.70. The first kappa shape index (κ1) is 10.9. The Bertz CT molecular complexity index is 209. The molecule has 1 fully saturated rings. The highest BCUT2D eigenvalue weighted by atomic mass is 79.9. The molecule has 0 spiro atoms. The Hall–Kier alpha value is -0.210. The molecule has 76 valence electrons. The number of halogens is 1. The van der Waals surface area contributed by atoms with Gasteiger partial charge in [0.25, 0.3) is 0 Å². The van der Waals surface area contributed by atoms with E-state index in [9.17, 15) is 4.79 Å². The van der Waals surface area contributed by atoms with Crippen molar-refractivity contribution in [2.75, 3.05) is 0 Å². The maximum Gasteiger partial charge on any atom is 0.335 e. The predicted octanol–water partition coefficient (Wildman–Crippen LogP) is -1.73. The van der Waals surface area contributed by atoms with Crippen molar-refractivity contribution in [2.24, 2.45) is 0 Å². The number of hydrogen-bond acceptors (Lipinski definition) is 5. The number of aliphatic hydroxyl groups excluding tert-OH is 3. The highest BCUT2D eigenvalue weighted by molar-refractivity contribution is 9.09. The van der Waals surface area contributed by atoms with Crippen LogP contribution in [0.15, 0.2) is 0 Å². The maximum absolute atomic E-state index is 10.5. The zero-order chi connectivity index (χ0) is 10.2. The molecular formula is C6H9BrO6. The number of aliphatic hydroxyl groups is 3. The second-order valence-electron chi connectivity index (χ2n) is 2.72. The summed E-state index contributed by atoms with van der Waals surface area (Å²) in [7, 11) is 0. The van der Waals surface area contributed by atoms with Crippen LogP contribution in [-0.2, 0) is 9.53 Å². The lowest BCUT2D eigenvalue weighted by Gasteiger charge is -2.36. The first-order valence-electron chi connectivity index (χ1n) is 3.51. The number of alkyl halides is 1. The average molecular weight is 257 g/mol. The fourth-order valence-electron chi connectivity index (χ4n) is 1.04. The van der Waals surface area contributed by atoms with Gasteiger partial charge in [0.05, 0.1) is 0 Å². The highest BCUT2D eigenvalue weighted by Crippen LogP contribution is 2.24. The van der Waals surface area contributed by atoms with Crippen LogP contribution in [0.5, 0.6) is 0 Å². The van der Waals surface area contributed by atoms with Gasteiger partial charge >= 0.3 is 5.97 Å².